The van der Waals surface area contributed by atoms with Crippen LogP contribution in [0.4, 0.5) is 11.5 Å². The molecule has 6 rings (SSSR count). The summed E-state index contributed by atoms with van der Waals surface area (Å²) < 4.78 is 13.8. The fraction of sp³-hybridized carbons (Fsp3) is 0.593. The molecule has 6 heterocycles. The summed E-state index contributed by atoms with van der Waals surface area (Å²) in [7, 11) is 0. The van der Waals surface area contributed by atoms with Gasteiger partial charge in [0.25, 0.3) is 0 Å². The highest BCUT2D eigenvalue weighted by Gasteiger charge is 2.27. The topological polar surface area (TPSA) is 88.8 Å². The molecular weight excluding hydrogens is 456 g/mol. The molecule has 0 saturated carbocycles. The summed E-state index contributed by atoms with van der Waals surface area (Å²) in [6, 6.07) is 6.61. The predicted octanol–water partition coefficient (Wildman–Crippen LogP) is 3.63. The Balaban J connectivity index is 1.48. The molecule has 3 aromatic heterocycles. The minimum absolute atomic E-state index is 0.0692. The third kappa shape index (κ3) is 4.44. The van der Waals surface area contributed by atoms with Gasteiger partial charge in [-0.2, -0.15) is 5.10 Å². The monoisotopic (exact) mass is 492 g/mol. The van der Waals surface area contributed by atoms with Gasteiger partial charge < -0.3 is 24.4 Å². The molecule has 1 unspecified atom stereocenters. The first-order valence-electron chi connectivity index (χ1n) is 13.4. The molecule has 192 valence electrons. The summed E-state index contributed by atoms with van der Waals surface area (Å²) in [6.07, 6.45) is 8.83. The van der Waals surface area contributed by atoms with Gasteiger partial charge in [0.1, 0.15) is 17.0 Å². The number of fused-ring (bicyclic) bond motifs is 1. The molecule has 9 nitrogen and oxygen atoms in total. The van der Waals surface area contributed by atoms with E-state index in [1.165, 1.54) is 5.69 Å². The lowest BCUT2D eigenvalue weighted by Gasteiger charge is -2.37. The molecule has 0 bridgehead atoms. The maximum Gasteiger partial charge on any atom is 0.150 e. The second-order valence-electron chi connectivity index (χ2n) is 10.3. The number of pyridine rings is 2. The second kappa shape index (κ2) is 10.3. The summed E-state index contributed by atoms with van der Waals surface area (Å²) in [4.78, 5) is 14.9. The van der Waals surface area contributed by atoms with Crippen LogP contribution in [0.3, 0.4) is 0 Å². The van der Waals surface area contributed by atoms with Gasteiger partial charge in [0.05, 0.1) is 24.9 Å². The molecule has 0 aliphatic carbocycles. The number of hydrogen-bond donors (Lipinski definition) is 1. The van der Waals surface area contributed by atoms with Crippen molar-refractivity contribution in [2.75, 3.05) is 55.9 Å². The van der Waals surface area contributed by atoms with Gasteiger partial charge in [-0.1, -0.05) is 0 Å². The molecule has 0 amide bonds. The Morgan fingerprint density at radius 1 is 1.06 bits per heavy atom. The van der Waals surface area contributed by atoms with Gasteiger partial charge in [-0.15, -0.1) is 0 Å². The molecule has 0 radical (unpaired) electrons. The number of piperidine rings is 1. The van der Waals surface area contributed by atoms with Crippen molar-refractivity contribution in [1.82, 2.24) is 19.7 Å². The van der Waals surface area contributed by atoms with Crippen LogP contribution < -0.4 is 9.80 Å². The number of aliphatic hydroxyl groups is 1. The molecular formula is C27H36N6O3. The predicted molar refractivity (Wildman–Crippen MR) is 139 cm³/mol. The van der Waals surface area contributed by atoms with Crippen molar-refractivity contribution in [3.8, 4) is 11.4 Å². The van der Waals surface area contributed by atoms with Gasteiger partial charge in [0, 0.05) is 62.4 Å². The van der Waals surface area contributed by atoms with E-state index in [-0.39, 0.29) is 18.9 Å². The van der Waals surface area contributed by atoms with Crippen molar-refractivity contribution < 1.29 is 14.6 Å². The van der Waals surface area contributed by atoms with Crippen LogP contribution in [-0.4, -0.2) is 77.0 Å². The summed E-state index contributed by atoms with van der Waals surface area (Å²) in [5, 5.41) is 15.4. The standard InChI is InChI=1S/C27H36N6O3/c1-19-18-35-15-13-32(19)24-16-23(31-11-7-20(17-34)8-12-31)21-5-9-28-27(26(21)30-24)22-6-10-29-33(22)25-4-2-3-14-36-25/h5-6,9-10,16,19-20,25,34H,2-4,7-8,11-15,17-18H2,1H3/t19-,25?/m1/s1. The summed E-state index contributed by atoms with van der Waals surface area (Å²) in [5.41, 5.74) is 3.87. The Labute approximate surface area is 212 Å². The average Bonchev–Trinajstić information content (AvgIpc) is 3.43. The highest BCUT2D eigenvalue weighted by molar-refractivity contribution is 6.00. The first kappa shape index (κ1) is 23.6. The molecule has 36 heavy (non-hydrogen) atoms. The highest BCUT2D eigenvalue weighted by atomic mass is 16.5. The number of hydrogen-bond acceptors (Lipinski definition) is 8. The van der Waals surface area contributed by atoms with Gasteiger partial charge >= 0.3 is 0 Å². The number of rotatable bonds is 5. The Hall–Kier alpha value is -2.75. The number of nitrogens with zero attached hydrogens (tertiary/aromatic N) is 6. The zero-order valence-electron chi connectivity index (χ0n) is 21.1. The molecule has 3 aliphatic rings. The normalized spacial score (nSPS) is 23.9. The van der Waals surface area contributed by atoms with E-state index in [1.807, 2.05) is 23.1 Å². The van der Waals surface area contributed by atoms with Crippen LogP contribution in [0, 0.1) is 5.92 Å². The zero-order valence-corrected chi connectivity index (χ0v) is 21.1. The van der Waals surface area contributed by atoms with Crippen molar-refractivity contribution in [3.63, 3.8) is 0 Å². The molecule has 2 atom stereocenters. The van der Waals surface area contributed by atoms with Crippen molar-refractivity contribution >= 4 is 22.4 Å². The first-order valence-corrected chi connectivity index (χ1v) is 13.4. The Bertz CT molecular complexity index is 1190. The van der Waals surface area contributed by atoms with Gasteiger partial charge in [-0.05, 0) is 57.1 Å². The minimum atomic E-state index is -0.0692. The van der Waals surface area contributed by atoms with E-state index in [0.717, 1.165) is 86.5 Å². The maximum absolute atomic E-state index is 9.66. The first-order chi connectivity index (χ1) is 17.7. The van der Waals surface area contributed by atoms with Crippen molar-refractivity contribution in [2.45, 2.75) is 51.3 Å². The summed E-state index contributed by atoms with van der Waals surface area (Å²) in [6.45, 7) is 7.28. The van der Waals surface area contributed by atoms with Crippen molar-refractivity contribution in [2.24, 2.45) is 5.92 Å². The molecule has 3 aromatic rings. The van der Waals surface area contributed by atoms with Crippen LogP contribution in [0.25, 0.3) is 22.3 Å². The average molecular weight is 493 g/mol. The van der Waals surface area contributed by atoms with E-state index in [1.54, 1.807) is 0 Å². The molecule has 3 aliphatic heterocycles. The van der Waals surface area contributed by atoms with Crippen molar-refractivity contribution in [1.29, 1.82) is 0 Å². The number of aromatic nitrogens is 4. The molecule has 9 heteroatoms. The Morgan fingerprint density at radius 3 is 2.72 bits per heavy atom. The van der Waals surface area contributed by atoms with Crippen LogP contribution in [0.5, 0.6) is 0 Å². The fourth-order valence-electron chi connectivity index (χ4n) is 5.79. The van der Waals surface area contributed by atoms with Gasteiger partial charge in [-0.3, -0.25) is 4.98 Å². The summed E-state index contributed by atoms with van der Waals surface area (Å²) >= 11 is 0. The van der Waals surface area contributed by atoms with E-state index in [0.29, 0.717) is 19.1 Å². The Morgan fingerprint density at radius 2 is 1.94 bits per heavy atom. The van der Waals surface area contributed by atoms with Crippen LogP contribution >= 0.6 is 0 Å². The lowest BCUT2D eigenvalue weighted by Crippen LogP contribution is -2.44. The third-order valence-electron chi connectivity index (χ3n) is 7.91. The quantitative estimate of drug-likeness (QED) is 0.578. The minimum Gasteiger partial charge on any atom is -0.396 e. The van der Waals surface area contributed by atoms with Gasteiger partial charge in [-0.25, -0.2) is 9.67 Å². The Kier molecular flexibility index (Phi) is 6.77. The molecule has 3 saturated heterocycles. The number of anilines is 2. The van der Waals surface area contributed by atoms with Gasteiger partial charge in [0.15, 0.2) is 6.23 Å². The van der Waals surface area contributed by atoms with Crippen LogP contribution in [-0.2, 0) is 9.47 Å². The SMILES string of the molecule is C[C@@H]1COCCN1c1cc(N2CCC(CO)CC2)c2ccnc(-c3ccnn3C3CCCCO3)c2n1. The zero-order chi connectivity index (χ0) is 24.5. The van der Waals surface area contributed by atoms with E-state index < -0.39 is 0 Å². The van der Waals surface area contributed by atoms with E-state index in [9.17, 15) is 5.11 Å². The smallest absolute Gasteiger partial charge is 0.150 e. The van der Waals surface area contributed by atoms with Crippen molar-refractivity contribution in [3.05, 3.63) is 30.6 Å². The summed E-state index contributed by atoms with van der Waals surface area (Å²) in [5.74, 6) is 1.35. The largest absolute Gasteiger partial charge is 0.396 e. The number of ether oxygens (including phenoxy) is 2. The number of aliphatic hydroxyl groups excluding tert-OH is 1. The van der Waals surface area contributed by atoms with Crippen LogP contribution in [0.1, 0.15) is 45.3 Å². The van der Waals surface area contributed by atoms with Gasteiger partial charge in [0.2, 0.25) is 0 Å². The molecule has 1 N–H and O–H groups in total. The van der Waals surface area contributed by atoms with E-state index >= 15 is 0 Å². The van der Waals surface area contributed by atoms with E-state index in [4.69, 9.17) is 19.4 Å². The molecule has 0 aromatic carbocycles. The lowest BCUT2D eigenvalue weighted by molar-refractivity contribution is -0.0383. The lowest BCUT2D eigenvalue weighted by atomic mass is 9.97. The maximum atomic E-state index is 9.66. The molecule has 0 spiro atoms. The number of morpholine rings is 1. The third-order valence-corrected chi connectivity index (χ3v) is 7.91. The fourth-order valence-corrected chi connectivity index (χ4v) is 5.79. The highest BCUT2D eigenvalue weighted by Crippen LogP contribution is 2.38. The van der Waals surface area contributed by atoms with E-state index in [2.05, 4.69) is 34.0 Å². The second-order valence-corrected chi connectivity index (χ2v) is 10.3. The molecule has 3 fully saturated rings. The van der Waals surface area contributed by atoms with Crippen LogP contribution in [0.2, 0.25) is 0 Å². The van der Waals surface area contributed by atoms with Crippen LogP contribution in [0.15, 0.2) is 30.6 Å².